The van der Waals surface area contributed by atoms with Crippen LogP contribution in [0.25, 0.3) is 0 Å². The molecule has 0 spiro atoms. The van der Waals surface area contributed by atoms with Crippen LogP contribution in [0.1, 0.15) is 18.2 Å². The van der Waals surface area contributed by atoms with Crippen LogP contribution in [0.15, 0.2) is 35.7 Å². The molecule has 0 aliphatic heterocycles. The highest BCUT2D eigenvalue weighted by Crippen LogP contribution is 2.16. The zero-order valence-corrected chi connectivity index (χ0v) is 13.2. The van der Waals surface area contributed by atoms with Gasteiger partial charge in [0.25, 0.3) is 5.91 Å². The average molecular weight is 339 g/mol. The number of nitrogens with one attached hydrogen (secondary N) is 1. The fourth-order valence-electron chi connectivity index (χ4n) is 1.82. The van der Waals surface area contributed by atoms with Crippen LogP contribution in [0.3, 0.4) is 0 Å². The summed E-state index contributed by atoms with van der Waals surface area (Å²) in [7, 11) is 0. The van der Waals surface area contributed by atoms with Crippen LogP contribution >= 0.6 is 11.3 Å². The molecule has 0 saturated heterocycles. The largest absolute Gasteiger partial charge is 0.453 e. The van der Waals surface area contributed by atoms with Crippen LogP contribution in [0.5, 0.6) is 0 Å². The summed E-state index contributed by atoms with van der Waals surface area (Å²) in [6.45, 7) is 1.37. The molecule has 7 heteroatoms. The normalized spacial score (nSPS) is 11.8. The van der Waals surface area contributed by atoms with Gasteiger partial charge in [-0.1, -0.05) is 6.07 Å². The molecule has 122 valence electrons. The highest BCUT2D eigenvalue weighted by molar-refractivity contribution is 7.09. The first-order valence-corrected chi connectivity index (χ1v) is 7.81. The van der Waals surface area contributed by atoms with Gasteiger partial charge in [-0.2, -0.15) is 0 Å². The summed E-state index contributed by atoms with van der Waals surface area (Å²) in [5.74, 6) is -2.70. The van der Waals surface area contributed by atoms with Crippen molar-refractivity contribution in [2.24, 2.45) is 0 Å². The predicted molar refractivity (Wildman–Crippen MR) is 83.2 cm³/mol. The molecule has 1 atom stereocenters. The quantitative estimate of drug-likeness (QED) is 0.819. The number of aryl methyl sites for hydroxylation is 1. The molecule has 0 aliphatic rings. The number of carbonyl (C=O) groups is 2. The molecular formula is C16H15F2NO3S. The van der Waals surface area contributed by atoms with E-state index in [2.05, 4.69) is 5.32 Å². The minimum atomic E-state index is -1.10. The van der Waals surface area contributed by atoms with E-state index in [1.807, 2.05) is 17.5 Å². The van der Waals surface area contributed by atoms with Crippen molar-refractivity contribution in [3.63, 3.8) is 0 Å². The van der Waals surface area contributed by atoms with Gasteiger partial charge in [0, 0.05) is 10.9 Å². The summed E-state index contributed by atoms with van der Waals surface area (Å²) in [6.07, 6.45) is -0.427. The van der Waals surface area contributed by atoms with Crippen LogP contribution < -0.4 is 5.32 Å². The highest BCUT2D eigenvalue weighted by atomic mass is 32.1. The van der Waals surface area contributed by atoms with Gasteiger partial charge in [-0.05, 0) is 36.9 Å². The summed E-state index contributed by atoms with van der Waals surface area (Å²) >= 11 is 1.53. The van der Waals surface area contributed by atoms with Crippen molar-refractivity contribution in [1.82, 2.24) is 0 Å². The molecule has 1 aromatic carbocycles. The second-order valence-electron chi connectivity index (χ2n) is 4.82. The van der Waals surface area contributed by atoms with E-state index in [4.69, 9.17) is 4.74 Å². The third-order valence-electron chi connectivity index (χ3n) is 3.02. The maximum Gasteiger partial charge on any atom is 0.306 e. The van der Waals surface area contributed by atoms with E-state index in [0.717, 1.165) is 23.1 Å². The van der Waals surface area contributed by atoms with Crippen LogP contribution in [-0.2, 0) is 20.7 Å². The van der Waals surface area contributed by atoms with Crippen LogP contribution in [-0.4, -0.2) is 18.0 Å². The monoisotopic (exact) mass is 339 g/mol. The average Bonchev–Trinajstić information content (AvgIpc) is 3.02. The van der Waals surface area contributed by atoms with Gasteiger partial charge in [-0.3, -0.25) is 9.59 Å². The van der Waals surface area contributed by atoms with E-state index in [1.54, 1.807) is 0 Å². The zero-order chi connectivity index (χ0) is 16.8. The number of rotatable bonds is 6. The lowest BCUT2D eigenvalue weighted by Crippen LogP contribution is -2.30. The van der Waals surface area contributed by atoms with Crippen molar-refractivity contribution in [2.45, 2.75) is 25.9 Å². The van der Waals surface area contributed by atoms with Crippen LogP contribution in [0, 0.1) is 11.6 Å². The van der Waals surface area contributed by atoms with Crippen molar-refractivity contribution in [1.29, 1.82) is 0 Å². The molecule has 0 aliphatic carbocycles. The molecule has 1 heterocycles. The first-order chi connectivity index (χ1) is 11.0. The summed E-state index contributed by atoms with van der Waals surface area (Å²) in [5, 5.41) is 4.10. The van der Waals surface area contributed by atoms with Gasteiger partial charge < -0.3 is 10.1 Å². The number of esters is 1. The number of hydrogen-bond donors (Lipinski definition) is 1. The molecule has 1 N–H and O–H groups in total. The van der Waals surface area contributed by atoms with E-state index in [0.29, 0.717) is 6.42 Å². The zero-order valence-electron chi connectivity index (χ0n) is 12.3. The van der Waals surface area contributed by atoms with Crippen molar-refractivity contribution < 1.29 is 23.1 Å². The Hall–Kier alpha value is -2.28. The van der Waals surface area contributed by atoms with Gasteiger partial charge in [0.05, 0.1) is 12.1 Å². The SMILES string of the molecule is C[C@H](OC(=O)CCc1cccs1)C(=O)Nc1cc(F)ccc1F. The number of hydrogen-bond acceptors (Lipinski definition) is 4. The fourth-order valence-corrected chi connectivity index (χ4v) is 2.53. The first-order valence-electron chi connectivity index (χ1n) is 6.93. The molecule has 0 fully saturated rings. The maximum absolute atomic E-state index is 13.4. The summed E-state index contributed by atoms with van der Waals surface area (Å²) in [5.41, 5.74) is -0.295. The highest BCUT2D eigenvalue weighted by Gasteiger charge is 2.19. The van der Waals surface area contributed by atoms with E-state index in [-0.39, 0.29) is 12.1 Å². The number of benzene rings is 1. The predicted octanol–water partition coefficient (Wildman–Crippen LogP) is 3.53. The lowest BCUT2D eigenvalue weighted by molar-refractivity contribution is -0.153. The number of amides is 1. The topological polar surface area (TPSA) is 55.4 Å². The third kappa shape index (κ3) is 5.14. The molecule has 2 rings (SSSR count). The van der Waals surface area contributed by atoms with E-state index in [9.17, 15) is 18.4 Å². The second-order valence-corrected chi connectivity index (χ2v) is 5.86. The summed E-state index contributed by atoms with van der Waals surface area (Å²) in [6, 6.07) is 6.50. The Morgan fingerprint density at radius 3 is 2.78 bits per heavy atom. The molecule has 2 aromatic rings. The van der Waals surface area contributed by atoms with E-state index >= 15 is 0 Å². The number of halogens is 2. The smallest absolute Gasteiger partial charge is 0.306 e. The van der Waals surface area contributed by atoms with Gasteiger partial charge in [0.15, 0.2) is 6.10 Å². The van der Waals surface area contributed by atoms with Gasteiger partial charge >= 0.3 is 5.97 Å². The van der Waals surface area contributed by atoms with E-state index < -0.39 is 29.6 Å². The molecule has 0 bridgehead atoms. The molecule has 0 radical (unpaired) electrons. The van der Waals surface area contributed by atoms with Crippen molar-refractivity contribution in [3.8, 4) is 0 Å². The van der Waals surface area contributed by atoms with E-state index in [1.165, 1.54) is 18.3 Å². The molecule has 4 nitrogen and oxygen atoms in total. The number of thiophene rings is 1. The van der Waals surface area contributed by atoms with Crippen molar-refractivity contribution >= 4 is 28.9 Å². The number of anilines is 1. The standard InChI is InChI=1S/C16H15F2NO3S/c1-10(22-15(20)7-5-12-3-2-8-23-12)16(21)19-14-9-11(17)4-6-13(14)18/h2-4,6,8-10H,5,7H2,1H3,(H,19,21)/t10-/m0/s1. The Morgan fingerprint density at radius 2 is 2.09 bits per heavy atom. The van der Waals surface area contributed by atoms with Gasteiger partial charge in [0.1, 0.15) is 11.6 Å². The Labute approximate surface area is 136 Å². The molecular weight excluding hydrogens is 324 g/mol. The lowest BCUT2D eigenvalue weighted by Gasteiger charge is -2.13. The van der Waals surface area contributed by atoms with Crippen molar-refractivity contribution in [2.75, 3.05) is 5.32 Å². The van der Waals surface area contributed by atoms with Gasteiger partial charge in [-0.15, -0.1) is 11.3 Å². The fraction of sp³-hybridized carbons (Fsp3) is 0.250. The Morgan fingerprint density at radius 1 is 1.30 bits per heavy atom. The first kappa shape index (κ1) is 17.1. The lowest BCUT2D eigenvalue weighted by atomic mass is 10.2. The Kier molecular flexibility index (Phi) is 5.81. The van der Waals surface area contributed by atoms with Gasteiger partial charge in [-0.25, -0.2) is 8.78 Å². The number of ether oxygens (including phenoxy) is 1. The van der Waals surface area contributed by atoms with Crippen molar-refractivity contribution in [3.05, 3.63) is 52.2 Å². The molecule has 0 saturated carbocycles. The molecule has 23 heavy (non-hydrogen) atoms. The second kappa shape index (κ2) is 7.82. The summed E-state index contributed by atoms with van der Waals surface area (Å²) < 4.78 is 31.5. The molecule has 1 aromatic heterocycles. The van der Waals surface area contributed by atoms with Crippen LogP contribution in [0.2, 0.25) is 0 Å². The summed E-state index contributed by atoms with van der Waals surface area (Å²) in [4.78, 5) is 24.6. The maximum atomic E-state index is 13.4. The third-order valence-corrected chi connectivity index (χ3v) is 3.96. The Balaban J connectivity index is 1.84. The van der Waals surface area contributed by atoms with Gasteiger partial charge in [0.2, 0.25) is 0 Å². The Bertz CT molecular complexity index is 689. The molecule has 0 unspecified atom stereocenters. The minimum absolute atomic E-state index is 0.145. The minimum Gasteiger partial charge on any atom is -0.453 e. The molecule has 1 amide bonds. The number of carbonyl (C=O) groups excluding carboxylic acids is 2. The van der Waals surface area contributed by atoms with Crippen LogP contribution in [0.4, 0.5) is 14.5 Å².